The van der Waals surface area contributed by atoms with Crippen LogP contribution in [0.3, 0.4) is 0 Å². The van der Waals surface area contributed by atoms with Gasteiger partial charge in [-0.3, -0.25) is 9.59 Å². The summed E-state index contributed by atoms with van der Waals surface area (Å²) in [4.78, 5) is 42.3. The molecule has 1 fully saturated rings. The fourth-order valence-corrected chi connectivity index (χ4v) is 5.53. The van der Waals surface area contributed by atoms with Crippen molar-refractivity contribution in [2.75, 3.05) is 44.4 Å². The van der Waals surface area contributed by atoms with E-state index in [1.54, 1.807) is 29.7 Å². The third-order valence-corrected chi connectivity index (χ3v) is 7.20. The lowest BCUT2D eigenvalue weighted by atomic mass is 10.2. The quantitative estimate of drug-likeness (QED) is 0.528. The molecule has 0 aliphatic carbocycles. The van der Waals surface area contributed by atoms with Crippen LogP contribution in [-0.4, -0.2) is 80.1 Å². The Labute approximate surface area is 189 Å². The standard InChI is InChI=1S/C20H25N3O7S2/c1-3-23-15-6-5-14(19(26)30-4-2)11-16(15)31-20(23)21-17(24)12-32(27,28)13-18(25)22-7-9-29-10-8-22/h5-6,11H,3-4,7-10,12-13H2,1-2H3. The number of rotatable bonds is 7. The molecule has 1 saturated heterocycles. The molecule has 1 aliphatic heterocycles. The van der Waals surface area contributed by atoms with Crippen LogP contribution in [0, 0.1) is 0 Å². The van der Waals surface area contributed by atoms with Crippen LogP contribution >= 0.6 is 11.3 Å². The average molecular weight is 484 g/mol. The van der Waals surface area contributed by atoms with Crippen LogP contribution in [0.2, 0.25) is 0 Å². The molecule has 0 radical (unpaired) electrons. The highest BCUT2D eigenvalue weighted by atomic mass is 32.2. The number of ether oxygens (including phenoxy) is 2. The Kier molecular flexibility index (Phi) is 7.80. The molecule has 0 bridgehead atoms. The summed E-state index contributed by atoms with van der Waals surface area (Å²) in [5.41, 5.74) is 1.15. The van der Waals surface area contributed by atoms with E-state index in [1.807, 2.05) is 6.92 Å². The van der Waals surface area contributed by atoms with Crippen molar-refractivity contribution in [1.82, 2.24) is 9.47 Å². The number of amides is 2. The monoisotopic (exact) mass is 483 g/mol. The largest absolute Gasteiger partial charge is 0.462 e. The second-order valence-corrected chi connectivity index (χ2v) is 10.1. The fourth-order valence-electron chi connectivity index (χ4n) is 3.28. The molecule has 0 saturated carbocycles. The van der Waals surface area contributed by atoms with Gasteiger partial charge in [-0.25, -0.2) is 13.2 Å². The summed E-state index contributed by atoms with van der Waals surface area (Å²) >= 11 is 1.17. The van der Waals surface area contributed by atoms with Crippen molar-refractivity contribution < 1.29 is 32.3 Å². The van der Waals surface area contributed by atoms with Gasteiger partial charge >= 0.3 is 5.97 Å². The number of hydrogen-bond donors (Lipinski definition) is 0. The number of aromatic nitrogens is 1. The van der Waals surface area contributed by atoms with Crippen LogP contribution in [0.5, 0.6) is 0 Å². The Hall–Kier alpha value is -2.57. The minimum atomic E-state index is -3.96. The van der Waals surface area contributed by atoms with Crippen LogP contribution < -0.4 is 4.80 Å². The van der Waals surface area contributed by atoms with Crippen molar-refractivity contribution in [3.05, 3.63) is 28.6 Å². The predicted octanol–water partition coefficient (Wildman–Crippen LogP) is 0.600. The van der Waals surface area contributed by atoms with E-state index in [0.717, 1.165) is 5.52 Å². The highest BCUT2D eigenvalue weighted by Crippen LogP contribution is 2.20. The summed E-state index contributed by atoms with van der Waals surface area (Å²) in [6, 6.07) is 5.03. The van der Waals surface area contributed by atoms with Gasteiger partial charge in [0.1, 0.15) is 11.5 Å². The van der Waals surface area contributed by atoms with E-state index in [1.165, 1.54) is 16.2 Å². The van der Waals surface area contributed by atoms with Crippen molar-refractivity contribution in [2.24, 2.45) is 4.99 Å². The van der Waals surface area contributed by atoms with E-state index in [2.05, 4.69) is 4.99 Å². The molecule has 0 unspecified atom stereocenters. The smallest absolute Gasteiger partial charge is 0.338 e. The Bertz CT molecular complexity index is 1190. The van der Waals surface area contributed by atoms with E-state index in [-0.39, 0.29) is 6.61 Å². The maximum Gasteiger partial charge on any atom is 0.338 e. The molecule has 0 atom stereocenters. The normalized spacial score (nSPS) is 15.2. The van der Waals surface area contributed by atoms with Crippen LogP contribution in [0.4, 0.5) is 0 Å². The zero-order valence-corrected chi connectivity index (χ0v) is 19.5. The Morgan fingerprint density at radius 3 is 2.53 bits per heavy atom. The molecule has 0 N–H and O–H groups in total. The molecule has 0 spiro atoms. The zero-order valence-electron chi connectivity index (χ0n) is 17.9. The number of hydrogen-bond acceptors (Lipinski definition) is 8. The van der Waals surface area contributed by atoms with Gasteiger partial charge in [0, 0.05) is 19.6 Å². The summed E-state index contributed by atoms with van der Waals surface area (Å²) in [6.45, 7) is 5.73. The molecular formula is C20H25N3O7S2. The van der Waals surface area contributed by atoms with Gasteiger partial charge in [0.25, 0.3) is 5.91 Å². The van der Waals surface area contributed by atoms with Crippen molar-refractivity contribution in [2.45, 2.75) is 20.4 Å². The summed E-state index contributed by atoms with van der Waals surface area (Å²) in [5, 5.41) is 0. The van der Waals surface area contributed by atoms with Gasteiger partial charge in [0.15, 0.2) is 14.6 Å². The molecule has 1 aromatic heterocycles. The maximum atomic E-state index is 12.4. The summed E-state index contributed by atoms with van der Waals surface area (Å²) in [7, 11) is -3.96. The first-order chi connectivity index (χ1) is 15.2. The number of benzene rings is 1. The molecule has 3 rings (SSSR count). The molecule has 2 aromatic rings. The van der Waals surface area contributed by atoms with E-state index >= 15 is 0 Å². The summed E-state index contributed by atoms with van der Waals surface area (Å²) < 4.78 is 37.4. The van der Waals surface area contributed by atoms with Gasteiger partial charge in [-0.1, -0.05) is 11.3 Å². The van der Waals surface area contributed by atoms with Gasteiger partial charge in [0.2, 0.25) is 5.91 Å². The number of thiazole rings is 1. The molecule has 12 heteroatoms. The fraction of sp³-hybridized carbons (Fsp3) is 0.500. The van der Waals surface area contributed by atoms with Gasteiger partial charge in [-0.15, -0.1) is 0 Å². The van der Waals surface area contributed by atoms with Gasteiger partial charge in [-0.05, 0) is 32.0 Å². The van der Waals surface area contributed by atoms with E-state index in [9.17, 15) is 22.8 Å². The van der Waals surface area contributed by atoms with E-state index in [0.29, 0.717) is 47.9 Å². The van der Waals surface area contributed by atoms with Crippen molar-refractivity contribution in [3.8, 4) is 0 Å². The molecular weight excluding hydrogens is 458 g/mol. The highest BCUT2D eigenvalue weighted by Gasteiger charge is 2.25. The number of aryl methyl sites for hydroxylation is 1. The second kappa shape index (κ2) is 10.4. The first kappa shape index (κ1) is 24.1. The molecule has 2 heterocycles. The lowest BCUT2D eigenvalue weighted by molar-refractivity contribution is -0.132. The number of esters is 1. The van der Waals surface area contributed by atoms with E-state index in [4.69, 9.17) is 9.47 Å². The highest BCUT2D eigenvalue weighted by molar-refractivity contribution is 7.92. The first-order valence-electron chi connectivity index (χ1n) is 10.2. The number of fused-ring (bicyclic) bond motifs is 1. The van der Waals surface area contributed by atoms with Crippen LogP contribution in [0.15, 0.2) is 23.2 Å². The van der Waals surface area contributed by atoms with Crippen LogP contribution in [0.1, 0.15) is 24.2 Å². The minimum Gasteiger partial charge on any atom is -0.462 e. The second-order valence-electron chi connectivity index (χ2n) is 7.06. The SMILES string of the molecule is CCOC(=O)c1ccc2c(c1)sc(=NC(=O)CS(=O)(=O)CC(=O)N1CCOCC1)n2CC. The number of sulfone groups is 1. The number of nitrogens with zero attached hydrogens (tertiary/aromatic N) is 3. The van der Waals surface area contributed by atoms with Crippen LogP contribution in [0.25, 0.3) is 10.2 Å². The van der Waals surface area contributed by atoms with Gasteiger partial charge < -0.3 is 18.9 Å². The van der Waals surface area contributed by atoms with E-state index < -0.39 is 39.1 Å². The Balaban J connectivity index is 1.80. The molecule has 1 aliphatic rings. The van der Waals surface area contributed by atoms with Gasteiger partial charge in [0.05, 0.1) is 35.6 Å². The third kappa shape index (κ3) is 5.81. The van der Waals surface area contributed by atoms with Gasteiger partial charge in [-0.2, -0.15) is 4.99 Å². The summed E-state index contributed by atoms with van der Waals surface area (Å²) in [5.74, 6) is -3.43. The number of carbonyl (C=O) groups is 3. The van der Waals surface area contributed by atoms with Crippen LogP contribution in [-0.2, 0) is 35.4 Å². The number of carbonyl (C=O) groups excluding carboxylic acids is 3. The maximum absolute atomic E-state index is 12.4. The molecule has 2 amide bonds. The summed E-state index contributed by atoms with van der Waals surface area (Å²) in [6.07, 6.45) is 0. The first-order valence-corrected chi connectivity index (χ1v) is 12.8. The van der Waals surface area contributed by atoms with Crippen molar-refractivity contribution >= 4 is 49.2 Å². The minimum absolute atomic E-state index is 0.258. The topological polar surface area (TPSA) is 124 Å². The Morgan fingerprint density at radius 2 is 1.88 bits per heavy atom. The van der Waals surface area contributed by atoms with Crippen molar-refractivity contribution in [1.29, 1.82) is 0 Å². The third-order valence-electron chi connectivity index (χ3n) is 4.78. The predicted molar refractivity (Wildman–Crippen MR) is 118 cm³/mol. The molecule has 32 heavy (non-hydrogen) atoms. The lowest BCUT2D eigenvalue weighted by Gasteiger charge is -2.26. The lowest BCUT2D eigenvalue weighted by Crippen LogP contribution is -2.43. The average Bonchev–Trinajstić information content (AvgIpc) is 3.09. The Morgan fingerprint density at radius 1 is 1.16 bits per heavy atom. The molecule has 174 valence electrons. The zero-order chi connectivity index (χ0) is 23.3. The molecule has 1 aromatic carbocycles. The number of morpholine rings is 1. The molecule has 10 nitrogen and oxygen atoms in total. The van der Waals surface area contributed by atoms with Crippen molar-refractivity contribution in [3.63, 3.8) is 0 Å².